The number of benzene rings is 1. The molecule has 1 aromatic rings. The maximum Gasteiger partial charge on any atom is 0.326 e. The van der Waals surface area contributed by atoms with Crippen LogP contribution in [0.1, 0.15) is 58.9 Å². The number of carboxylic acid groups (broad SMARTS) is 1. The largest absolute Gasteiger partial charge is 0.480 e. The fourth-order valence-electron chi connectivity index (χ4n) is 3.68. The van der Waals surface area contributed by atoms with Crippen LogP contribution in [0.3, 0.4) is 0 Å². The van der Waals surface area contributed by atoms with Gasteiger partial charge in [-0.1, -0.05) is 64.4 Å². The number of carbonyl (C=O) groups excluding carboxylic acids is 4. The number of hydrogen-bond donors (Lipinski definition) is 6. The van der Waals surface area contributed by atoms with E-state index >= 15 is 0 Å². The minimum absolute atomic E-state index is 0.0149. The van der Waals surface area contributed by atoms with E-state index in [-0.39, 0.29) is 37.5 Å². The third-order valence-corrected chi connectivity index (χ3v) is 6.07. The van der Waals surface area contributed by atoms with E-state index in [2.05, 4.69) is 16.0 Å². The van der Waals surface area contributed by atoms with Crippen LogP contribution >= 0.6 is 0 Å². The van der Waals surface area contributed by atoms with Crippen LogP contribution in [0.5, 0.6) is 0 Å². The molecule has 0 saturated carbocycles. The zero-order valence-corrected chi connectivity index (χ0v) is 22.0. The van der Waals surface area contributed by atoms with E-state index in [0.29, 0.717) is 6.42 Å². The van der Waals surface area contributed by atoms with Gasteiger partial charge in [0.05, 0.1) is 6.04 Å². The lowest BCUT2D eigenvalue weighted by atomic mass is 9.97. The number of hydrogen-bond acceptors (Lipinski definition) is 6. The molecule has 0 aromatic heterocycles. The van der Waals surface area contributed by atoms with Crippen molar-refractivity contribution in [1.29, 1.82) is 0 Å². The molecular formula is C26H41N5O6. The van der Waals surface area contributed by atoms with E-state index in [1.807, 2.05) is 26.8 Å². The quantitative estimate of drug-likeness (QED) is 0.182. The molecule has 8 N–H and O–H groups in total. The molecule has 0 heterocycles. The SMILES string of the molecule is CCC(C)C(NC(=O)C(Cc1ccccc1)NC(=O)C(CC(C)C)NC(=O)C(N)CCC(N)=O)C(=O)O. The predicted octanol–water partition coefficient (Wildman–Crippen LogP) is 0.453. The molecule has 11 heteroatoms. The van der Waals surface area contributed by atoms with Crippen molar-refractivity contribution in [3.63, 3.8) is 0 Å². The van der Waals surface area contributed by atoms with E-state index in [0.717, 1.165) is 5.56 Å². The van der Waals surface area contributed by atoms with E-state index in [1.165, 1.54) is 0 Å². The Labute approximate surface area is 218 Å². The normalized spacial score (nSPS) is 15.1. The van der Waals surface area contributed by atoms with Gasteiger partial charge >= 0.3 is 5.97 Å². The summed E-state index contributed by atoms with van der Waals surface area (Å²) in [5.74, 6) is -3.93. The highest BCUT2D eigenvalue weighted by Gasteiger charge is 2.32. The molecule has 5 unspecified atom stereocenters. The molecule has 4 amide bonds. The average molecular weight is 520 g/mol. The molecule has 0 radical (unpaired) electrons. The predicted molar refractivity (Wildman–Crippen MR) is 139 cm³/mol. The summed E-state index contributed by atoms with van der Waals surface area (Å²) >= 11 is 0. The van der Waals surface area contributed by atoms with E-state index in [9.17, 15) is 29.1 Å². The number of amides is 4. The zero-order valence-electron chi connectivity index (χ0n) is 22.0. The molecule has 1 aromatic carbocycles. The Hall–Kier alpha value is -3.47. The molecule has 0 fully saturated rings. The van der Waals surface area contributed by atoms with Crippen molar-refractivity contribution in [3.05, 3.63) is 35.9 Å². The van der Waals surface area contributed by atoms with Crippen LogP contribution in [0.15, 0.2) is 30.3 Å². The highest BCUT2D eigenvalue weighted by Crippen LogP contribution is 2.11. The van der Waals surface area contributed by atoms with Crippen molar-refractivity contribution in [3.8, 4) is 0 Å². The fraction of sp³-hybridized carbons (Fsp3) is 0.577. The lowest BCUT2D eigenvalue weighted by molar-refractivity contribution is -0.143. The third-order valence-electron chi connectivity index (χ3n) is 6.07. The van der Waals surface area contributed by atoms with Crippen molar-refractivity contribution in [2.24, 2.45) is 23.3 Å². The van der Waals surface area contributed by atoms with E-state index < -0.39 is 53.8 Å². The van der Waals surface area contributed by atoms with Crippen molar-refractivity contribution >= 4 is 29.6 Å². The smallest absolute Gasteiger partial charge is 0.326 e. The highest BCUT2D eigenvalue weighted by molar-refractivity contribution is 5.94. The zero-order chi connectivity index (χ0) is 28.1. The van der Waals surface area contributed by atoms with Gasteiger partial charge in [-0.2, -0.15) is 0 Å². The minimum atomic E-state index is -1.16. The second-order valence-electron chi connectivity index (χ2n) is 9.76. The number of nitrogens with one attached hydrogen (secondary N) is 3. The van der Waals surface area contributed by atoms with Crippen LogP contribution in [-0.4, -0.2) is 58.9 Å². The van der Waals surface area contributed by atoms with Crippen molar-refractivity contribution in [2.45, 2.75) is 84.0 Å². The Morgan fingerprint density at radius 2 is 1.46 bits per heavy atom. The Kier molecular flexibility index (Phi) is 13.3. The third kappa shape index (κ3) is 11.4. The standard InChI is InChI=1S/C26H41N5O6/c1-5-16(4)22(26(36)37)31-25(35)20(14-17-9-7-6-8-10-17)30-24(34)19(13-15(2)3)29-23(33)18(27)11-12-21(28)32/h6-10,15-16,18-20,22H,5,11-14,27H2,1-4H3,(H2,28,32)(H,29,33)(H,30,34)(H,31,35)(H,36,37). The summed E-state index contributed by atoms with van der Waals surface area (Å²) in [5, 5.41) is 17.5. The molecule has 0 spiro atoms. The van der Waals surface area contributed by atoms with Crippen molar-refractivity contribution < 1.29 is 29.1 Å². The number of rotatable bonds is 16. The lowest BCUT2D eigenvalue weighted by Crippen LogP contribution is -2.58. The Morgan fingerprint density at radius 1 is 0.892 bits per heavy atom. The first-order chi connectivity index (χ1) is 17.3. The molecular weight excluding hydrogens is 478 g/mol. The summed E-state index contributed by atoms with van der Waals surface area (Å²) < 4.78 is 0. The molecule has 0 bridgehead atoms. The summed E-state index contributed by atoms with van der Waals surface area (Å²) in [7, 11) is 0. The van der Waals surface area contributed by atoms with Crippen LogP contribution in [0.2, 0.25) is 0 Å². The number of nitrogens with two attached hydrogens (primary N) is 2. The van der Waals surface area contributed by atoms with Gasteiger partial charge in [0.25, 0.3) is 0 Å². The second-order valence-corrected chi connectivity index (χ2v) is 9.76. The molecule has 11 nitrogen and oxygen atoms in total. The van der Waals surface area contributed by atoms with Crippen LogP contribution in [0.4, 0.5) is 0 Å². The van der Waals surface area contributed by atoms with Crippen LogP contribution in [0, 0.1) is 11.8 Å². The Balaban J connectivity index is 3.12. The molecule has 5 atom stereocenters. The summed E-state index contributed by atoms with van der Waals surface area (Å²) in [6, 6.07) is 4.74. The van der Waals surface area contributed by atoms with Gasteiger partial charge in [0.1, 0.15) is 18.1 Å². The van der Waals surface area contributed by atoms with E-state index in [1.54, 1.807) is 31.2 Å². The monoisotopic (exact) mass is 519 g/mol. The first kappa shape index (κ1) is 31.6. The van der Waals surface area contributed by atoms with Crippen LogP contribution in [0.25, 0.3) is 0 Å². The van der Waals surface area contributed by atoms with Gasteiger partial charge in [0, 0.05) is 12.8 Å². The van der Waals surface area contributed by atoms with Gasteiger partial charge in [-0.15, -0.1) is 0 Å². The van der Waals surface area contributed by atoms with E-state index in [4.69, 9.17) is 11.5 Å². The van der Waals surface area contributed by atoms with Crippen LogP contribution < -0.4 is 27.4 Å². The topological polar surface area (TPSA) is 194 Å². The summed E-state index contributed by atoms with van der Waals surface area (Å²) in [4.78, 5) is 61.8. The first-order valence-corrected chi connectivity index (χ1v) is 12.6. The van der Waals surface area contributed by atoms with Crippen molar-refractivity contribution in [1.82, 2.24) is 16.0 Å². The molecule has 0 aliphatic carbocycles. The van der Waals surface area contributed by atoms with Gasteiger partial charge in [0.15, 0.2) is 0 Å². The minimum Gasteiger partial charge on any atom is -0.480 e. The average Bonchev–Trinajstić information content (AvgIpc) is 2.84. The van der Waals surface area contributed by atoms with Gasteiger partial charge in [0.2, 0.25) is 23.6 Å². The van der Waals surface area contributed by atoms with Gasteiger partial charge in [-0.3, -0.25) is 19.2 Å². The molecule has 0 aliphatic heterocycles. The molecule has 0 aliphatic rings. The number of carboxylic acids is 1. The molecule has 1 rings (SSSR count). The summed E-state index contributed by atoms with van der Waals surface area (Å²) in [5.41, 5.74) is 11.7. The summed E-state index contributed by atoms with van der Waals surface area (Å²) in [6.07, 6.45) is 0.875. The van der Waals surface area contributed by atoms with Gasteiger partial charge < -0.3 is 32.5 Å². The van der Waals surface area contributed by atoms with Gasteiger partial charge in [-0.25, -0.2) is 4.79 Å². The number of aliphatic carboxylic acids is 1. The van der Waals surface area contributed by atoms with Crippen LogP contribution in [-0.2, 0) is 30.4 Å². The molecule has 37 heavy (non-hydrogen) atoms. The molecule has 0 saturated heterocycles. The maximum atomic E-state index is 13.3. The maximum absolute atomic E-state index is 13.3. The Morgan fingerprint density at radius 3 is 1.97 bits per heavy atom. The first-order valence-electron chi connectivity index (χ1n) is 12.6. The molecule has 206 valence electrons. The highest BCUT2D eigenvalue weighted by atomic mass is 16.4. The Bertz CT molecular complexity index is 923. The lowest BCUT2D eigenvalue weighted by Gasteiger charge is -2.27. The summed E-state index contributed by atoms with van der Waals surface area (Å²) in [6.45, 7) is 7.29. The van der Waals surface area contributed by atoms with Gasteiger partial charge in [-0.05, 0) is 30.2 Å². The second kappa shape index (κ2) is 15.6. The van der Waals surface area contributed by atoms with Crippen molar-refractivity contribution in [2.75, 3.05) is 0 Å². The number of primary amides is 1. The fourth-order valence-corrected chi connectivity index (χ4v) is 3.68. The number of carbonyl (C=O) groups is 5.